The van der Waals surface area contributed by atoms with E-state index in [0.29, 0.717) is 5.82 Å². The van der Waals surface area contributed by atoms with E-state index in [1.54, 1.807) is 0 Å². The number of halogens is 1. The Morgan fingerprint density at radius 3 is 2.65 bits per heavy atom. The molecular weight excluding hydrogens is 363 g/mol. The van der Waals surface area contributed by atoms with Gasteiger partial charge in [-0.05, 0) is 41.1 Å². The Hall–Kier alpha value is -1.82. The number of nitrogens with two attached hydrogens (primary N) is 1. The number of nitrogens with zero attached hydrogens (tertiary/aromatic N) is 1. The summed E-state index contributed by atoms with van der Waals surface area (Å²) in [5.74, 6) is 1.14. The first kappa shape index (κ1) is 13.2. The average Bonchev–Trinajstić information content (AvgIpc) is 2.81. The molecule has 0 amide bonds. The largest absolute Gasteiger partial charge is 0.380 e. The van der Waals surface area contributed by atoms with Crippen LogP contribution in [-0.2, 0) is 0 Å². The van der Waals surface area contributed by atoms with Gasteiger partial charge in [0.05, 0.1) is 5.56 Å². The molecule has 20 heavy (non-hydrogen) atoms. The Bertz CT molecular complexity index is 765. The quantitative estimate of drug-likeness (QED) is 0.670. The summed E-state index contributed by atoms with van der Waals surface area (Å²) in [5.41, 5.74) is 10.1. The monoisotopic (exact) mass is 376 g/mol. The highest BCUT2D eigenvalue weighted by Crippen LogP contribution is 2.38. The topological polar surface area (TPSA) is 52.0 Å². The Labute approximate surface area is 130 Å². The maximum Gasteiger partial charge on any atom is 0.177 e. The van der Waals surface area contributed by atoms with Gasteiger partial charge in [-0.15, -0.1) is 0 Å². The average molecular weight is 376 g/mol. The highest BCUT2D eigenvalue weighted by molar-refractivity contribution is 14.1. The summed E-state index contributed by atoms with van der Waals surface area (Å²) in [7, 11) is 0. The number of nitrogen functional groups attached to an aromatic ring is 1. The molecule has 0 atom stereocenters. The fourth-order valence-corrected chi connectivity index (χ4v) is 2.84. The Morgan fingerprint density at radius 2 is 1.90 bits per heavy atom. The minimum absolute atomic E-state index is 0.422. The predicted molar refractivity (Wildman–Crippen MR) is 89.2 cm³/mol. The number of benzene rings is 2. The van der Waals surface area contributed by atoms with Crippen molar-refractivity contribution in [2.75, 3.05) is 5.73 Å². The van der Waals surface area contributed by atoms with Crippen LogP contribution in [0.2, 0.25) is 0 Å². The molecule has 0 aliphatic rings. The van der Waals surface area contributed by atoms with Gasteiger partial charge in [0.1, 0.15) is 0 Å². The number of aryl methyl sites for hydroxylation is 1. The molecule has 100 valence electrons. The number of hydrogen-bond acceptors (Lipinski definition) is 3. The summed E-state index contributed by atoms with van der Waals surface area (Å²) >= 11 is 2.29. The zero-order valence-electron chi connectivity index (χ0n) is 10.9. The molecule has 4 heteroatoms. The van der Waals surface area contributed by atoms with E-state index >= 15 is 0 Å². The van der Waals surface area contributed by atoms with Crippen molar-refractivity contribution in [3.8, 4) is 22.5 Å². The molecule has 1 aromatic heterocycles. The van der Waals surface area contributed by atoms with Crippen LogP contribution in [0.3, 0.4) is 0 Å². The van der Waals surface area contributed by atoms with E-state index in [2.05, 4.69) is 46.8 Å². The summed E-state index contributed by atoms with van der Waals surface area (Å²) in [6, 6.07) is 16.2. The summed E-state index contributed by atoms with van der Waals surface area (Å²) < 4.78 is 6.58. The highest BCUT2D eigenvalue weighted by Gasteiger charge is 2.19. The van der Waals surface area contributed by atoms with Crippen molar-refractivity contribution >= 4 is 28.4 Å². The number of rotatable bonds is 2. The van der Waals surface area contributed by atoms with Gasteiger partial charge in [0, 0.05) is 9.13 Å². The Balaban J connectivity index is 2.23. The summed E-state index contributed by atoms with van der Waals surface area (Å²) in [4.78, 5) is 0. The molecule has 0 unspecified atom stereocenters. The number of anilines is 1. The van der Waals surface area contributed by atoms with Crippen LogP contribution in [0, 0.1) is 10.5 Å². The minimum atomic E-state index is 0.422. The van der Waals surface area contributed by atoms with Gasteiger partial charge in [0.25, 0.3) is 0 Å². The van der Waals surface area contributed by atoms with Gasteiger partial charge >= 0.3 is 0 Å². The lowest BCUT2D eigenvalue weighted by Crippen LogP contribution is -1.90. The fourth-order valence-electron chi connectivity index (χ4n) is 2.21. The van der Waals surface area contributed by atoms with E-state index in [1.807, 2.05) is 36.4 Å². The molecule has 0 bridgehead atoms. The maximum atomic E-state index is 6.00. The molecule has 3 aromatic rings. The molecule has 3 rings (SSSR count). The lowest BCUT2D eigenvalue weighted by molar-refractivity contribution is 0.436. The van der Waals surface area contributed by atoms with Crippen LogP contribution < -0.4 is 5.73 Å². The molecule has 0 saturated carbocycles. The van der Waals surface area contributed by atoms with E-state index in [9.17, 15) is 0 Å². The maximum absolute atomic E-state index is 6.00. The first-order valence-electron chi connectivity index (χ1n) is 6.24. The van der Waals surface area contributed by atoms with Crippen molar-refractivity contribution in [1.82, 2.24) is 5.16 Å². The zero-order chi connectivity index (χ0) is 14.1. The van der Waals surface area contributed by atoms with Crippen LogP contribution in [0.1, 0.15) is 5.56 Å². The second-order valence-electron chi connectivity index (χ2n) is 4.62. The van der Waals surface area contributed by atoms with Gasteiger partial charge in [0.15, 0.2) is 11.6 Å². The summed E-state index contributed by atoms with van der Waals surface area (Å²) in [6.45, 7) is 2.05. The Kier molecular flexibility index (Phi) is 3.48. The first-order valence-corrected chi connectivity index (χ1v) is 7.32. The van der Waals surface area contributed by atoms with Gasteiger partial charge in [-0.25, -0.2) is 0 Å². The van der Waals surface area contributed by atoms with Gasteiger partial charge in [-0.3, -0.25) is 0 Å². The smallest absolute Gasteiger partial charge is 0.177 e. The molecule has 0 saturated heterocycles. The molecule has 0 spiro atoms. The van der Waals surface area contributed by atoms with Crippen LogP contribution in [-0.4, -0.2) is 5.16 Å². The van der Waals surface area contributed by atoms with E-state index in [0.717, 1.165) is 26.0 Å². The van der Waals surface area contributed by atoms with E-state index in [1.165, 1.54) is 5.56 Å². The molecular formula is C16H13IN2O. The van der Waals surface area contributed by atoms with Crippen molar-refractivity contribution < 1.29 is 4.52 Å². The second-order valence-corrected chi connectivity index (χ2v) is 5.78. The predicted octanol–water partition coefficient (Wildman–Crippen LogP) is 4.50. The van der Waals surface area contributed by atoms with Gasteiger partial charge in [0.2, 0.25) is 0 Å². The third kappa shape index (κ3) is 2.31. The van der Waals surface area contributed by atoms with Gasteiger partial charge in [-0.2, -0.15) is 0 Å². The normalized spacial score (nSPS) is 10.7. The summed E-state index contributed by atoms with van der Waals surface area (Å²) in [5, 5.41) is 3.94. The number of hydrogen-bond donors (Lipinski definition) is 1. The molecule has 0 radical (unpaired) electrons. The molecule has 3 nitrogen and oxygen atoms in total. The van der Waals surface area contributed by atoms with Crippen molar-refractivity contribution in [2.24, 2.45) is 0 Å². The zero-order valence-corrected chi connectivity index (χ0v) is 13.1. The van der Waals surface area contributed by atoms with E-state index in [4.69, 9.17) is 10.3 Å². The van der Waals surface area contributed by atoms with Crippen LogP contribution >= 0.6 is 22.6 Å². The van der Waals surface area contributed by atoms with Crippen molar-refractivity contribution in [2.45, 2.75) is 6.92 Å². The van der Waals surface area contributed by atoms with Gasteiger partial charge in [-0.1, -0.05) is 53.2 Å². The Morgan fingerprint density at radius 1 is 1.10 bits per heavy atom. The number of aromatic nitrogens is 1. The lowest BCUT2D eigenvalue weighted by Gasteiger charge is -2.05. The highest BCUT2D eigenvalue weighted by atomic mass is 127. The first-order chi connectivity index (χ1) is 9.66. The molecule has 0 fully saturated rings. The van der Waals surface area contributed by atoms with Crippen LogP contribution in [0.5, 0.6) is 0 Å². The molecule has 2 aromatic carbocycles. The van der Waals surface area contributed by atoms with Crippen LogP contribution in [0.25, 0.3) is 22.5 Å². The van der Waals surface area contributed by atoms with Crippen molar-refractivity contribution in [3.63, 3.8) is 0 Å². The molecule has 0 aliphatic carbocycles. The standard InChI is InChI=1S/C16H13IN2O/c1-10-5-4-6-11(9-10)14-15(20-19-16(14)18)12-7-2-3-8-13(12)17/h2-9H,1H3,(H2,18,19). The minimum Gasteiger partial charge on any atom is -0.380 e. The third-order valence-electron chi connectivity index (χ3n) is 3.14. The lowest BCUT2D eigenvalue weighted by atomic mass is 10.0. The summed E-state index contributed by atoms with van der Waals surface area (Å²) in [6.07, 6.45) is 0. The molecule has 1 heterocycles. The second kappa shape index (κ2) is 5.28. The van der Waals surface area contributed by atoms with Crippen molar-refractivity contribution in [1.29, 1.82) is 0 Å². The van der Waals surface area contributed by atoms with E-state index in [-0.39, 0.29) is 0 Å². The van der Waals surface area contributed by atoms with Crippen LogP contribution in [0.4, 0.5) is 5.82 Å². The fraction of sp³-hybridized carbons (Fsp3) is 0.0625. The third-order valence-corrected chi connectivity index (χ3v) is 4.08. The SMILES string of the molecule is Cc1cccc(-c2c(N)noc2-c2ccccc2I)c1. The molecule has 0 aliphatic heterocycles. The van der Waals surface area contributed by atoms with Crippen LogP contribution in [0.15, 0.2) is 53.1 Å². The van der Waals surface area contributed by atoms with Gasteiger partial charge < -0.3 is 10.3 Å². The molecule has 2 N–H and O–H groups in total. The van der Waals surface area contributed by atoms with Crippen molar-refractivity contribution in [3.05, 3.63) is 57.7 Å². The van der Waals surface area contributed by atoms with E-state index < -0.39 is 0 Å².